The van der Waals surface area contributed by atoms with E-state index in [1.54, 1.807) is 18.3 Å². The van der Waals surface area contributed by atoms with E-state index in [1.165, 1.54) is 4.68 Å². The molecule has 0 radical (unpaired) electrons. The number of para-hydroxylation sites is 2. The number of nitrogens with zero attached hydrogens (tertiary/aromatic N) is 3. The van der Waals surface area contributed by atoms with Crippen LogP contribution in [0.25, 0.3) is 28.2 Å². The number of hydrogen-bond acceptors (Lipinski definition) is 4. The van der Waals surface area contributed by atoms with Gasteiger partial charge in [0, 0.05) is 23.4 Å². The first-order chi connectivity index (χ1) is 15.3. The van der Waals surface area contributed by atoms with Crippen LogP contribution in [0.5, 0.6) is 17.4 Å². The summed E-state index contributed by atoms with van der Waals surface area (Å²) in [6.45, 7) is 0. The largest absolute Gasteiger partial charge is 0.493 e. The first-order valence-corrected chi connectivity index (χ1v) is 9.91. The summed E-state index contributed by atoms with van der Waals surface area (Å²) in [7, 11) is 0. The number of hydrogen-bond donors (Lipinski definition) is 1. The number of ether oxygens (including phenoxy) is 1. The van der Waals surface area contributed by atoms with Crippen LogP contribution >= 0.6 is 0 Å². The number of aromatic nitrogens is 3. The molecular weight excluding hydrogens is 386 g/mol. The Morgan fingerprint density at radius 1 is 0.710 bits per heavy atom. The van der Waals surface area contributed by atoms with Crippen molar-refractivity contribution in [2.24, 2.45) is 0 Å². The van der Waals surface area contributed by atoms with Crippen molar-refractivity contribution in [2.45, 2.75) is 0 Å². The minimum Gasteiger partial charge on any atom is -0.493 e. The first-order valence-electron chi connectivity index (χ1n) is 9.91. The summed E-state index contributed by atoms with van der Waals surface area (Å²) < 4.78 is 7.55. The van der Waals surface area contributed by atoms with Crippen LogP contribution in [0.3, 0.4) is 0 Å². The molecule has 2 heterocycles. The lowest BCUT2D eigenvalue weighted by atomic mass is 10.0. The Bertz CT molecular complexity index is 1320. The normalized spacial score (nSPS) is 10.7. The highest BCUT2D eigenvalue weighted by molar-refractivity contribution is 5.76. The van der Waals surface area contributed by atoms with Gasteiger partial charge in [0.15, 0.2) is 5.82 Å². The summed E-state index contributed by atoms with van der Waals surface area (Å²) in [5, 5.41) is 14.9. The van der Waals surface area contributed by atoms with Crippen molar-refractivity contribution in [3.05, 3.63) is 109 Å². The first kappa shape index (κ1) is 18.6. The van der Waals surface area contributed by atoms with Gasteiger partial charge in [-0.2, -0.15) is 9.78 Å². The van der Waals surface area contributed by atoms with Crippen molar-refractivity contribution in [3.8, 4) is 45.6 Å². The molecule has 0 spiro atoms. The molecule has 0 aliphatic carbocycles. The van der Waals surface area contributed by atoms with Gasteiger partial charge in [0.2, 0.25) is 5.88 Å². The highest BCUT2D eigenvalue weighted by Crippen LogP contribution is 2.35. The molecule has 0 aliphatic heterocycles. The molecule has 0 unspecified atom stereocenters. The zero-order chi connectivity index (χ0) is 21.0. The molecule has 0 saturated heterocycles. The Kier molecular flexibility index (Phi) is 4.91. The van der Waals surface area contributed by atoms with Crippen LogP contribution < -0.4 is 4.74 Å². The summed E-state index contributed by atoms with van der Waals surface area (Å²) in [5.74, 6) is 2.15. The van der Waals surface area contributed by atoms with E-state index in [1.807, 2.05) is 91.0 Å². The summed E-state index contributed by atoms with van der Waals surface area (Å²) in [6, 6.07) is 32.8. The van der Waals surface area contributed by atoms with Gasteiger partial charge in [0.05, 0.1) is 5.69 Å². The minimum atomic E-state index is 0.0342. The van der Waals surface area contributed by atoms with E-state index in [0.29, 0.717) is 11.5 Å². The van der Waals surface area contributed by atoms with Gasteiger partial charge < -0.3 is 9.84 Å². The van der Waals surface area contributed by atoms with Gasteiger partial charge >= 0.3 is 0 Å². The van der Waals surface area contributed by atoms with Crippen LogP contribution in [0.4, 0.5) is 0 Å². The van der Waals surface area contributed by atoms with Crippen LogP contribution in [0, 0.1) is 0 Å². The number of pyridine rings is 1. The van der Waals surface area contributed by atoms with Gasteiger partial charge in [-0.25, -0.2) is 4.98 Å². The van der Waals surface area contributed by atoms with Crippen molar-refractivity contribution in [2.75, 3.05) is 0 Å². The fourth-order valence-electron chi connectivity index (χ4n) is 3.42. The smallest absolute Gasteiger partial charge is 0.216 e. The maximum atomic E-state index is 10.4. The lowest BCUT2D eigenvalue weighted by molar-refractivity contribution is 0.432. The highest BCUT2D eigenvalue weighted by atomic mass is 16.5. The second-order valence-corrected chi connectivity index (χ2v) is 6.98. The molecule has 0 amide bonds. The van der Waals surface area contributed by atoms with Crippen molar-refractivity contribution in [3.63, 3.8) is 0 Å². The molecule has 31 heavy (non-hydrogen) atoms. The van der Waals surface area contributed by atoms with E-state index in [0.717, 1.165) is 28.2 Å². The van der Waals surface area contributed by atoms with Crippen LogP contribution in [-0.4, -0.2) is 19.9 Å². The molecule has 5 rings (SSSR count). The average molecular weight is 405 g/mol. The standard InChI is InChI=1S/C26H19N3O2/c30-26-18-23(28-29(26)25-15-6-7-16-27-25)20-10-8-9-19(17-20)22-13-4-5-14-24(22)31-21-11-2-1-3-12-21/h1-18,30H. The molecule has 5 heteroatoms. The summed E-state index contributed by atoms with van der Waals surface area (Å²) >= 11 is 0. The molecule has 150 valence electrons. The van der Waals surface area contributed by atoms with Crippen molar-refractivity contribution in [1.82, 2.24) is 14.8 Å². The zero-order valence-electron chi connectivity index (χ0n) is 16.6. The van der Waals surface area contributed by atoms with E-state index in [4.69, 9.17) is 4.74 Å². The quantitative estimate of drug-likeness (QED) is 0.384. The van der Waals surface area contributed by atoms with Crippen molar-refractivity contribution in [1.29, 1.82) is 0 Å². The monoisotopic (exact) mass is 405 g/mol. The predicted octanol–water partition coefficient (Wildman–Crippen LogP) is 6.10. The van der Waals surface area contributed by atoms with E-state index in [2.05, 4.69) is 10.1 Å². The number of rotatable bonds is 5. The Hall–Kier alpha value is -4.38. The van der Waals surface area contributed by atoms with Crippen LogP contribution in [0.15, 0.2) is 109 Å². The molecule has 2 aromatic heterocycles. The third kappa shape index (κ3) is 3.89. The van der Waals surface area contributed by atoms with E-state index in [9.17, 15) is 5.11 Å². The van der Waals surface area contributed by atoms with Crippen molar-refractivity contribution >= 4 is 0 Å². The summed E-state index contributed by atoms with van der Waals surface area (Å²) in [4.78, 5) is 4.26. The predicted molar refractivity (Wildman–Crippen MR) is 120 cm³/mol. The van der Waals surface area contributed by atoms with Gasteiger partial charge in [-0.3, -0.25) is 0 Å². The lowest BCUT2D eigenvalue weighted by Gasteiger charge is -2.12. The van der Waals surface area contributed by atoms with E-state index in [-0.39, 0.29) is 5.88 Å². The molecule has 3 aromatic carbocycles. The number of benzene rings is 3. The Morgan fingerprint density at radius 3 is 2.32 bits per heavy atom. The zero-order valence-corrected chi connectivity index (χ0v) is 16.6. The summed E-state index contributed by atoms with van der Waals surface area (Å²) in [5.41, 5.74) is 3.51. The van der Waals surface area contributed by atoms with Gasteiger partial charge in [-0.15, -0.1) is 0 Å². The Morgan fingerprint density at radius 2 is 1.48 bits per heavy atom. The third-order valence-electron chi connectivity index (χ3n) is 4.88. The van der Waals surface area contributed by atoms with Gasteiger partial charge in [-0.05, 0) is 42.0 Å². The van der Waals surface area contributed by atoms with Gasteiger partial charge in [0.25, 0.3) is 0 Å². The van der Waals surface area contributed by atoms with Crippen molar-refractivity contribution < 1.29 is 9.84 Å². The van der Waals surface area contributed by atoms with Gasteiger partial charge in [-0.1, -0.05) is 60.7 Å². The average Bonchev–Trinajstić information content (AvgIpc) is 3.22. The highest BCUT2D eigenvalue weighted by Gasteiger charge is 2.13. The molecule has 0 bridgehead atoms. The molecular formula is C26H19N3O2. The SMILES string of the molecule is Oc1cc(-c2cccc(-c3ccccc3Oc3ccccc3)c2)nn1-c1ccccn1. The minimum absolute atomic E-state index is 0.0342. The second-order valence-electron chi connectivity index (χ2n) is 6.98. The summed E-state index contributed by atoms with van der Waals surface area (Å²) in [6.07, 6.45) is 1.67. The third-order valence-corrected chi connectivity index (χ3v) is 4.88. The van der Waals surface area contributed by atoms with Gasteiger partial charge in [0.1, 0.15) is 11.5 Å². The second kappa shape index (κ2) is 8.16. The molecule has 0 aliphatic rings. The Balaban J connectivity index is 1.51. The number of aromatic hydroxyl groups is 1. The van der Waals surface area contributed by atoms with Crippen LogP contribution in [0.2, 0.25) is 0 Å². The molecule has 0 atom stereocenters. The molecule has 0 fully saturated rings. The molecule has 0 saturated carbocycles. The lowest BCUT2D eigenvalue weighted by Crippen LogP contribution is -1.98. The van der Waals surface area contributed by atoms with E-state index >= 15 is 0 Å². The maximum Gasteiger partial charge on any atom is 0.216 e. The van der Waals surface area contributed by atoms with Crippen LogP contribution in [0.1, 0.15) is 0 Å². The van der Waals surface area contributed by atoms with E-state index < -0.39 is 0 Å². The Labute approximate surface area is 179 Å². The fourth-order valence-corrected chi connectivity index (χ4v) is 3.42. The van der Waals surface area contributed by atoms with Crippen LogP contribution in [-0.2, 0) is 0 Å². The topological polar surface area (TPSA) is 60.2 Å². The molecule has 1 N–H and O–H groups in total. The molecule has 5 nitrogen and oxygen atoms in total. The maximum absolute atomic E-state index is 10.4. The fraction of sp³-hybridized carbons (Fsp3) is 0. The molecule has 5 aromatic rings.